The van der Waals surface area contributed by atoms with Gasteiger partial charge < -0.3 is 11.1 Å². The first-order valence-corrected chi connectivity index (χ1v) is 5.94. The van der Waals surface area contributed by atoms with E-state index in [0.717, 1.165) is 30.0 Å². The highest BCUT2D eigenvalue weighted by Crippen LogP contribution is 2.31. The number of aromatic nitrogens is 2. The molecule has 4 nitrogen and oxygen atoms in total. The Hall–Kier alpha value is -1.16. The van der Waals surface area contributed by atoms with E-state index in [2.05, 4.69) is 15.3 Å². The maximum atomic E-state index is 5.87. The molecule has 1 fully saturated rings. The van der Waals surface area contributed by atoms with E-state index in [4.69, 9.17) is 5.73 Å². The Bertz CT molecular complexity index is 369. The van der Waals surface area contributed by atoms with E-state index < -0.39 is 0 Å². The zero-order valence-electron chi connectivity index (χ0n) is 10.1. The van der Waals surface area contributed by atoms with E-state index in [0.29, 0.717) is 6.54 Å². The van der Waals surface area contributed by atoms with Crippen LogP contribution in [0.5, 0.6) is 0 Å². The van der Waals surface area contributed by atoms with Gasteiger partial charge in [-0.3, -0.25) is 4.98 Å². The van der Waals surface area contributed by atoms with Crippen LogP contribution in [0.4, 0.5) is 5.82 Å². The van der Waals surface area contributed by atoms with Crippen LogP contribution in [0, 0.1) is 13.8 Å². The van der Waals surface area contributed by atoms with E-state index >= 15 is 0 Å². The van der Waals surface area contributed by atoms with Crippen molar-refractivity contribution in [2.45, 2.75) is 45.1 Å². The Kier molecular flexibility index (Phi) is 3.10. The number of nitrogens with one attached hydrogen (secondary N) is 1. The molecule has 1 aromatic heterocycles. The second kappa shape index (κ2) is 4.37. The highest BCUT2D eigenvalue weighted by Gasteiger charge is 2.32. The predicted octanol–water partition coefficient (Wildman–Crippen LogP) is 1.78. The molecule has 0 saturated heterocycles. The number of nitrogens with zero attached hydrogens (tertiary/aromatic N) is 2. The quantitative estimate of drug-likeness (QED) is 0.815. The molecular formula is C12H20N4. The van der Waals surface area contributed by atoms with E-state index in [-0.39, 0.29) is 5.54 Å². The van der Waals surface area contributed by atoms with Crippen molar-refractivity contribution >= 4 is 5.82 Å². The van der Waals surface area contributed by atoms with Crippen LogP contribution in [0.3, 0.4) is 0 Å². The lowest BCUT2D eigenvalue weighted by atomic mass is 9.98. The molecular weight excluding hydrogens is 200 g/mol. The maximum Gasteiger partial charge on any atom is 0.145 e. The van der Waals surface area contributed by atoms with Crippen LogP contribution in [0.1, 0.15) is 37.1 Å². The molecule has 0 atom stereocenters. The second-order valence-corrected chi connectivity index (χ2v) is 4.74. The van der Waals surface area contributed by atoms with Crippen molar-refractivity contribution in [2.75, 3.05) is 11.9 Å². The average Bonchev–Trinajstić information content (AvgIpc) is 2.73. The number of anilines is 1. The normalized spacial score (nSPS) is 18.7. The minimum atomic E-state index is 0.0520. The van der Waals surface area contributed by atoms with Gasteiger partial charge in [0.2, 0.25) is 0 Å². The first-order chi connectivity index (χ1) is 7.65. The minimum Gasteiger partial charge on any atom is -0.362 e. The van der Waals surface area contributed by atoms with Crippen molar-refractivity contribution in [1.29, 1.82) is 0 Å². The fourth-order valence-electron chi connectivity index (χ4n) is 2.31. The van der Waals surface area contributed by atoms with Crippen molar-refractivity contribution in [3.63, 3.8) is 0 Å². The van der Waals surface area contributed by atoms with Gasteiger partial charge in [-0.05, 0) is 26.7 Å². The summed E-state index contributed by atoms with van der Waals surface area (Å²) in [5, 5.41) is 3.47. The molecule has 1 aromatic rings. The van der Waals surface area contributed by atoms with Crippen molar-refractivity contribution in [3.05, 3.63) is 17.6 Å². The number of aryl methyl sites for hydroxylation is 2. The molecule has 1 saturated carbocycles. The SMILES string of the molecule is Cc1ncc(NC2(CN)CCCC2)nc1C. The predicted molar refractivity (Wildman–Crippen MR) is 65.4 cm³/mol. The lowest BCUT2D eigenvalue weighted by Crippen LogP contribution is -2.43. The van der Waals surface area contributed by atoms with Crippen LogP contribution in [-0.2, 0) is 0 Å². The Morgan fingerprint density at radius 1 is 1.31 bits per heavy atom. The number of nitrogens with two attached hydrogens (primary N) is 1. The molecule has 0 aliphatic heterocycles. The van der Waals surface area contributed by atoms with Gasteiger partial charge in [-0.1, -0.05) is 12.8 Å². The summed E-state index contributed by atoms with van der Waals surface area (Å²) in [6, 6.07) is 0. The summed E-state index contributed by atoms with van der Waals surface area (Å²) in [5.74, 6) is 0.857. The zero-order valence-corrected chi connectivity index (χ0v) is 10.1. The van der Waals surface area contributed by atoms with Crippen molar-refractivity contribution in [2.24, 2.45) is 5.73 Å². The molecule has 0 amide bonds. The van der Waals surface area contributed by atoms with Gasteiger partial charge in [0.1, 0.15) is 5.82 Å². The fraction of sp³-hybridized carbons (Fsp3) is 0.667. The van der Waals surface area contributed by atoms with Crippen LogP contribution in [0.25, 0.3) is 0 Å². The van der Waals surface area contributed by atoms with Crippen LogP contribution < -0.4 is 11.1 Å². The Balaban J connectivity index is 2.16. The van der Waals surface area contributed by atoms with E-state index in [9.17, 15) is 0 Å². The Morgan fingerprint density at radius 3 is 2.56 bits per heavy atom. The number of hydrogen-bond acceptors (Lipinski definition) is 4. The van der Waals surface area contributed by atoms with Gasteiger partial charge in [-0.2, -0.15) is 0 Å². The van der Waals surface area contributed by atoms with Gasteiger partial charge in [0.25, 0.3) is 0 Å². The standard InChI is InChI=1S/C12H20N4/c1-9-10(2)15-11(7-14-9)16-12(8-13)5-3-4-6-12/h7H,3-6,8,13H2,1-2H3,(H,15,16). The smallest absolute Gasteiger partial charge is 0.145 e. The van der Waals surface area contributed by atoms with Gasteiger partial charge in [0, 0.05) is 6.54 Å². The first-order valence-electron chi connectivity index (χ1n) is 5.94. The topological polar surface area (TPSA) is 63.8 Å². The minimum absolute atomic E-state index is 0.0520. The van der Waals surface area contributed by atoms with Crippen molar-refractivity contribution in [3.8, 4) is 0 Å². The summed E-state index contributed by atoms with van der Waals surface area (Å²) in [6.45, 7) is 4.62. The molecule has 0 bridgehead atoms. The molecule has 0 aromatic carbocycles. The third-order valence-corrected chi connectivity index (χ3v) is 3.54. The lowest BCUT2D eigenvalue weighted by molar-refractivity contribution is 0.491. The van der Waals surface area contributed by atoms with Crippen LogP contribution in [-0.4, -0.2) is 22.1 Å². The highest BCUT2D eigenvalue weighted by molar-refractivity contribution is 5.37. The van der Waals surface area contributed by atoms with Gasteiger partial charge in [-0.15, -0.1) is 0 Å². The van der Waals surface area contributed by atoms with E-state index in [1.807, 2.05) is 13.8 Å². The molecule has 2 rings (SSSR count). The molecule has 16 heavy (non-hydrogen) atoms. The van der Waals surface area contributed by atoms with Gasteiger partial charge in [0.15, 0.2) is 0 Å². The monoisotopic (exact) mass is 220 g/mol. The molecule has 0 unspecified atom stereocenters. The summed E-state index contributed by atoms with van der Waals surface area (Å²) in [5.41, 5.74) is 7.89. The molecule has 88 valence electrons. The molecule has 0 radical (unpaired) electrons. The lowest BCUT2D eigenvalue weighted by Gasteiger charge is -2.29. The Labute approximate surface area is 96.7 Å². The summed E-state index contributed by atoms with van der Waals surface area (Å²) < 4.78 is 0. The van der Waals surface area contributed by atoms with Gasteiger partial charge >= 0.3 is 0 Å². The molecule has 1 aliphatic carbocycles. The highest BCUT2D eigenvalue weighted by atomic mass is 15.1. The van der Waals surface area contributed by atoms with Crippen molar-refractivity contribution < 1.29 is 0 Å². The molecule has 3 N–H and O–H groups in total. The van der Waals surface area contributed by atoms with Crippen LogP contribution >= 0.6 is 0 Å². The summed E-state index contributed by atoms with van der Waals surface area (Å²) in [6.07, 6.45) is 6.58. The number of rotatable bonds is 3. The third kappa shape index (κ3) is 2.16. The van der Waals surface area contributed by atoms with Crippen molar-refractivity contribution in [1.82, 2.24) is 9.97 Å². The van der Waals surface area contributed by atoms with Crippen LogP contribution in [0.15, 0.2) is 6.20 Å². The van der Waals surface area contributed by atoms with Gasteiger partial charge in [-0.25, -0.2) is 4.98 Å². The van der Waals surface area contributed by atoms with E-state index in [1.54, 1.807) is 6.20 Å². The van der Waals surface area contributed by atoms with E-state index in [1.165, 1.54) is 12.8 Å². The number of hydrogen-bond donors (Lipinski definition) is 2. The van der Waals surface area contributed by atoms with Crippen LogP contribution in [0.2, 0.25) is 0 Å². The largest absolute Gasteiger partial charge is 0.362 e. The summed E-state index contributed by atoms with van der Waals surface area (Å²) >= 11 is 0. The second-order valence-electron chi connectivity index (χ2n) is 4.74. The summed E-state index contributed by atoms with van der Waals surface area (Å²) in [7, 11) is 0. The Morgan fingerprint density at radius 2 is 2.00 bits per heavy atom. The summed E-state index contributed by atoms with van der Waals surface area (Å²) in [4.78, 5) is 8.82. The molecule has 1 aliphatic rings. The first kappa shape index (κ1) is 11.3. The average molecular weight is 220 g/mol. The maximum absolute atomic E-state index is 5.87. The molecule has 1 heterocycles. The molecule has 0 spiro atoms. The fourth-order valence-corrected chi connectivity index (χ4v) is 2.31. The zero-order chi connectivity index (χ0) is 11.6. The molecule has 4 heteroatoms. The van der Waals surface area contributed by atoms with Gasteiger partial charge in [0.05, 0.1) is 23.1 Å². The third-order valence-electron chi connectivity index (χ3n) is 3.54.